The van der Waals surface area contributed by atoms with E-state index in [0.717, 1.165) is 35.5 Å². The number of halogens is 1. The molecule has 23 heavy (non-hydrogen) atoms. The molecule has 118 valence electrons. The minimum absolute atomic E-state index is 0.0821. The van der Waals surface area contributed by atoms with Crippen molar-refractivity contribution in [1.82, 2.24) is 14.9 Å². The fraction of sp³-hybridized carbons (Fsp3) is 0.294. The lowest BCUT2D eigenvalue weighted by atomic mass is 10.1. The fourth-order valence-electron chi connectivity index (χ4n) is 3.21. The molecule has 0 saturated carbocycles. The van der Waals surface area contributed by atoms with Crippen LogP contribution in [0.25, 0.3) is 10.1 Å². The van der Waals surface area contributed by atoms with E-state index >= 15 is 0 Å². The van der Waals surface area contributed by atoms with Gasteiger partial charge in [0.2, 0.25) is 0 Å². The van der Waals surface area contributed by atoms with E-state index in [9.17, 15) is 9.18 Å². The molecule has 1 amide bonds. The molecule has 1 N–H and O–H groups in total. The number of nitrogens with zero attached hydrogens (tertiary/aromatic N) is 2. The maximum Gasteiger partial charge on any atom is 0.261 e. The summed E-state index contributed by atoms with van der Waals surface area (Å²) in [7, 11) is 0. The molecule has 4 nitrogen and oxygen atoms in total. The smallest absolute Gasteiger partial charge is 0.261 e. The zero-order valence-electron chi connectivity index (χ0n) is 12.7. The van der Waals surface area contributed by atoms with E-state index in [1.54, 1.807) is 12.3 Å². The quantitative estimate of drug-likeness (QED) is 0.784. The van der Waals surface area contributed by atoms with E-state index in [-0.39, 0.29) is 17.8 Å². The first kappa shape index (κ1) is 14.4. The predicted molar refractivity (Wildman–Crippen MR) is 88.3 cm³/mol. The highest BCUT2D eigenvalue weighted by Gasteiger charge is 2.23. The molecule has 0 bridgehead atoms. The van der Waals surface area contributed by atoms with E-state index in [1.807, 2.05) is 19.2 Å². The van der Waals surface area contributed by atoms with Gasteiger partial charge in [0, 0.05) is 41.5 Å². The van der Waals surface area contributed by atoms with Crippen LogP contribution in [0.5, 0.6) is 0 Å². The van der Waals surface area contributed by atoms with Crippen molar-refractivity contribution in [2.45, 2.75) is 32.4 Å². The number of carbonyl (C=O) groups excluding carboxylic acids is 1. The summed E-state index contributed by atoms with van der Waals surface area (Å²) in [5.41, 5.74) is 0.722. The molecular formula is C17H16FN3OS. The van der Waals surface area contributed by atoms with Gasteiger partial charge < -0.3 is 9.88 Å². The molecule has 1 unspecified atom stereocenters. The Morgan fingerprint density at radius 3 is 3.17 bits per heavy atom. The Hall–Kier alpha value is -2.21. The standard InChI is InChI=1S/C17H16FN3OS/c1-10-15-12(18)3-2-4-13(15)23-16(10)17(22)20-11-5-6-14-19-7-8-21(14)9-11/h2-4,7-8,11H,5-6,9H2,1H3,(H,20,22). The fourth-order valence-corrected chi connectivity index (χ4v) is 4.33. The summed E-state index contributed by atoms with van der Waals surface area (Å²) >= 11 is 1.35. The zero-order chi connectivity index (χ0) is 16.0. The maximum absolute atomic E-state index is 14.0. The van der Waals surface area contributed by atoms with E-state index in [2.05, 4.69) is 14.9 Å². The van der Waals surface area contributed by atoms with Gasteiger partial charge in [0.05, 0.1) is 4.88 Å². The molecular weight excluding hydrogens is 313 g/mol. The average Bonchev–Trinajstić information content (AvgIpc) is 3.12. The van der Waals surface area contributed by atoms with Crippen LogP contribution in [0.1, 0.15) is 27.5 Å². The SMILES string of the molecule is Cc1c(C(=O)NC2CCc3nccn3C2)sc2cccc(F)c12. The number of amides is 1. The predicted octanol–water partition coefficient (Wildman–Crippen LogP) is 3.29. The molecule has 0 aliphatic carbocycles. The Kier molecular flexibility index (Phi) is 3.41. The molecule has 1 aliphatic rings. The highest BCUT2D eigenvalue weighted by Crippen LogP contribution is 2.32. The first-order chi connectivity index (χ1) is 11.1. The largest absolute Gasteiger partial charge is 0.347 e. The van der Waals surface area contributed by atoms with Gasteiger partial charge in [-0.2, -0.15) is 0 Å². The van der Waals surface area contributed by atoms with Crippen molar-refractivity contribution < 1.29 is 9.18 Å². The van der Waals surface area contributed by atoms with Crippen LogP contribution >= 0.6 is 11.3 Å². The van der Waals surface area contributed by atoms with Gasteiger partial charge in [-0.25, -0.2) is 9.37 Å². The number of thiophene rings is 1. The minimum atomic E-state index is -0.268. The lowest BCUT2D eigenvalue weighted by Crippen LogP contribution is -2.40. The van der Waals surface area contributed by atoms with Crippen LogP contribution in [0.3, 0.4) is 0 Å². The number of aromatic nitrogens is 2. The molecule has 0 spiro atoms. The first-order valence-electron chi connectivity index (χ1n) is 7.62. The van der Waals surface area contributed by atoms with E-state index in [0.29, 0.717) is 10.3 Å². The summed E-state index contributed by atoms with van der Waals surface area (Å²) < 4.78 is 16.9. The second kappa shape index (κ2) is 5.45. The van der Waals surface area contributed by atoms with Gasteiger partial charge in [-0.05, 0) is 31.0 Å². The number of rotatable bonds is 2. The van der Waals surface area contributed by atoms with Gasteiger partial charge in [0.15, 0.2) is 0 Å². The Labute approximate surface area is 137 Å². The van der Waals surface area contributed by atoms with Crippen molar-refractivity contribution in [3.63, 3.8) is 0 Å². The van der Waals surface area contributed by atoms with Crippen molar-refractivity contribution in [3.8, 4) is 0 Å². The molecule has 3 aromatic rings. The van der Waals surface area contributed by atoms with E-state index < -0.39 is 0 Å². The molecule has 1 atom stereocenters. The molecule has 0 radical (unpaired) electrons. The van der Waals surface area contributed by atoms with Crippen molar-refractivity contribution in [1.29, 1.82) is 0 Å². The maximum atomic E-state index is 14.0. The van der Waals surface area contributed by atoms with Gasteiger partial charge in [-0.1, -0.05) is 6.07 Å². The third kappa shape index (κ3) is 2.43. The van der Waals surface area contributed by atoms with Crippen molar-refractivity contribution in [2.75, 3.05) is 0 Å². The van der Waals surface area contributed by atoms with Crippen molar-refractivity contribution in [2.24, 2.45) is 0 Å². The van der Waals surface area contributed by atoms with Gasteiger partial charge in [-0.3, -0.25) is 4.79 Å². The molecule has 6 heteroatoms. The van der Waals surface area contributed by atoms with Crippen LogP contribution < -0.4 is 5.32 Å². The zero-order valence-corrected chi connectivity index (χ0v) is 13.5. The lowest BCUT2D eigenvalue weighted by Gasteiger charge is -2.24. The van der Waals surface area contributed by atoms with Gasteiger partial charge >= 0.3 is 0 Å². The normalized spacial score (nSPS) is 17.2. The second-order valence-corrected chi connectivity index (χ2v) is 6.93. The van der Waals surface area contributed by atoms with Crippen molar-refractivity contribution >= 4 is 27.3 Å². The monoisotopic (exact) mass is 329 g/mol. The third-order valence-electron chi connectivity index (χ3n) is 4.38. The van der Waals surface area contributed by atoms with Crippen LogP contribution in [0.4, 0.5) is 4.39 Å². The Morgan fingerprint density at radius 1 is 1.48 bits per heavy atom. The van der Waals surface area contributed by atoms with Gasteiger partial charge in [0.25, 0.3) is 5.91 Å². The lowest BCUT2D eigenvalue weighted by molar-refractivity contribution is 0.0931. The number of aryl methyl sites for hydroxylation is 2. The Bertz CT molecular complexity index is 899. The number of hydrogen-bond acceptors (Lipinski definition) is 3. The van der Waals surface area contributed by atoms with Crippen LogP contribution in [-0.4, -0.2) is 21.5 Å². The summed E-state index contributed by atoms with van der Waals surface area (Å²) in [4.78, 5) is 17.5. The minimum Gasteiger partial charge on any atom is -0.347 e. The summed E-state index contributed by atoms with van der Waals surface area (Å²) in [5, 5.41) is 3.65. The molecule has 0 fully saturated rings. The number of hydrogen-bond donors (Lipinski definition) is 1. The highest BCUT2D eigenvalue weighted by atomic mass is 32.1. The summed E-state index contributed by atoms with van der Waals surface area (Å²) in [5.74, 6) is 0.684. The second-order valence-electron chi connectivity index (χ2n) is 5.87. The molecule has 2 aromatic heterocycles. The number of nitrogens with one attached hydrogen (secondary N) is 1. The van der Waals surface area contributed by atoms with Gasteiger partial charge in [-0.15, -0.1) is 11.3 Å². The summed E-state index contributed by atoms with van der Waals surface area (Å²) in [6.45, 7) is 2.55. The van der Waals surface area contributed by atoms with Crippen LogP contribution in [-0.2, 0) is 13.0 Å². The third-order valence-corrected chi connectivity index (χ3v) is 5.64. The number of carbonyl (C=O) groups is 1. The molecule has 1 aliphatic heterocycles. The summed E-state index contributed by atoms with van der Waals surface area (Å²) in [6, 6.07) is 5.05. The van der Waals surface area contributed by atoms with Gasteiger partial charge in [0.1, 0.15) is 11.6 Å². The number of imidazole rings is 1. The van der Waals surface area contributed by atoms with Crippen LogP contribution in [0, 0.1) is 12.7 Å². The highest BCUT2D eigenvalue weighted by molar-refractivity contribution is 7.21. The molecule has 0 saturated heterocycles. The Morgan fingerprint density at radius 2 is 2.35 bits per heavy atom. The average molecular weight is 329 g/mol. The first-order valence-corrected chi connectivity index (χ1v) is 8.43. The molecule has 1 aromatic carbocycles. The van der Waals surface area contributed by atoms with Crippen molar-refractivity contribution in [3.05, 3.63) is 52.7 Å². The van der Waals surface area contributed by atoms with E-state index in [4.69, 9.17) is 0 Å². The van der Waals surface area contributed by atoms with Crippen LogP contribution in [0.15, 0.2) is 30.6 Å². The number of fused-ring (bicyclic) bond motifs is 2. The topological polar surface area (TPSA) is 46.9 Å². The number of benzene rings is 1. The van der Waals surface area contributed by atoms with Crippen LogP contribution in [0.2, 0.25) is 0 Å². The molecule has 4 rings (SSSR count). The Balaban J connectivity index is 1.58. The summed E-state index contributed by atoms with van der Waals surface area (Å²) in [6.07, 6.45) is 5.46. The molecule has 3 heterocycles. The van der Waals surface area contributed by atoms with E-state index in [1.165, 1.54) is 17.4 Å².